The molecule has 0 aromatic carbocycles. The smallest absolute Gasteiger partial charge is 0.265 e. The van der Waals surface area contributed by atoms with Crippen molar-refractivity contribution in [3.8, 4) is 0 Å². The van der Waals surface area contributed by atoms with Gasteiger partial charge in [-0.15, -0.1) is 11.3 Å². The minimum Gasteiger partial charge on any atom is -0.397 e. The summed E-state index contributed by atoms with van der Waals surface area (Å²) in [6.07, 6.45) is 6.41. The van der Waals surface area contributed by atoms with Crippen LogP contribution in [0.1, 0.15) is 60.8 Å². The largest absolute Gasteiger partial charge is 0.397 e. The van der Waals surface area contributed by atoms with Gasteiger partial charge < -0.3 is 15.5 Å². The van der Waals surface area contributed by atoms with E-state index in [1.165, 1.54) is 29.1 Å². The third-order valence-corrected chi connectivity index (χ3v) is 7.63. The number of carbonyl (C=O) groups excluding carboxylic acids is 2. The molecule has 29 heavy (non-hydrogen) atoms. The second-order valence-electron chi connectivity index (χ2n) is 9.00. The lowest BCUT2D eigenvalue weighted by Gasteiger charge is -2.41. The number of likely N-dealkylation sites (tertiary alicyclic amines) is 1. The van der Waals surface area contributed by atoms with Gasteiger partial charge in [0.15, 0.2) is 0 Å². The molecular weight excluding hydrogens is 384 g/mol. The summed E-state index contributed by atoms with van der Waals surface area (Å²) in [5.74, 6) is 0.447. The Bertz CT molecular complexity index is 948. The maximum Gasteiger partial charge on any atom is 0.265 e. The van der Waals surface area contributed by atoms with Gasteiger partial charge >= 0.3 is 0 Å². The number of hydrogen-bond donors (Lipinski definition) is 1. The molecule has 2 aromatic rings. The van der Waals surface area contributed by atoms with Crippen LogP contribution in [0.15, 0.2) is 12.1 Å². The molecule has 4 rings (SSSR count). The standard InChI is InChI=1S/C22H30N4O2S/c1-22(11-6-12-26(13-22)20(27)14-7-4-5-8-14)16-10-9-15-17(23)18(21(28)25(2)3)29-19(15)24-16/h9-10,14H,4-8,11-13,23H2,1-3H3/t22-/m1/s1. The van der Waals surface area contributed by atoms with E-state index in [1.807, 2.05) is 12.1 Å². The van der Waals surface area contributed by atoms with Gasteiger partial charge in [-0.2, -0.15) is 0 Å². The van der Waals surface area contributed by atoms with Crippen molar-refractivity contribution in [3.63, 3.8) is 0 Å². The molecule has 2 amide bonds. The summed E-state index contributed by atoms with van der Waals surface area (Å²) >= 11 is 1.36. The Morgan fingerprint density at radius 2 is 1.97 bits per heavy atom. The zero-order chi connectivity index (χ0) is 20.8. The summed E-state index contributed by atoms with van der Waals surface area (Å²) in [5, 5.41) is 0.835. The first-order valence-electron chi connectivity index (χ1n) is 10.5. The molecule has 2 fully saturated rings. The normalized spacial score (nSPS) is 22.9. The van der Waals surface area contributed by atoms with Crippen molar-refractivity contribution in [2.24, 2.45) is 5.92 Å². The SMILES string of the molecule is CN(C)C(=O)c1sc2nc([C@]3(C)CCCN(C(=O)C4CCCC4)C3)ccc2c1N. The Balaban J connectivity index is 1.62. The molecule has 2 aromatic heterocycles. The Labute approximate surface area is 176 Å². The molecular formula is C22H30N4O2S. The number of thiophene rings is 1. The zero-order valence-corrected chi connectivity index (χ0v) is 18.3. The van der Waals surface area contributed by atoms with Crippen LogP contribution >= 0.6 is 11.3 Å². The van der Waals surface area contributed by atoms with Gasteiger partial charge in [0.1, 0.15) is 9.71 Å². The van der Waals surface area contributed by atoms with Crippen molar-refractivity contribution in [1.29, 1.82) is 0 Å². The molecule has 2 N–H and O–H groups in total. The quantitative estimate of drug-likeness (QED) is 0.831. The topological polar surface area (TPSA) is 79.5 Å². The molecule has 1 aliphatic heterocycles. The summed E-state index contributed by atoms with van der Waals surface area (Å²) in [5.41, 5.74) is 7.56. The average molecular weight is 415 g/mol. The highest BCUT2D eigenvalue weighted by Crippen LogP contribution is 2.38. The molecule has 3 heterocycles. The van der Waals surface area contributed by atoms with Crippen molar-refractivity contribution >= 4 is 39.1 Å². The molecule has 6 nitrogen and oxygen atoms in total. The van der Waals surface area contributed by atoms with Gasteiger partial charge in [0.25, 0.3) is 5.91 Å². The first kappa shape index (κ1) is 20.1. The molecule has 1 saturated carbocycles. The highest BCUT2D eigenvalue weighted by molar-refractivity contribution is 7.21. The summed E-state index contributed by atoms with van der Waals surface area (Å²) in [6.45, 7) is 3.77. The molecule has 156 valence electrons. The average Bonchev–Trinajstić information content (AvgIpc) is 3.35. The van der Waals surface area contributed by atoms with Crippen LogP contribution in [-0.2, 0) is 10.2 Å². The van der Waals surface area contributed by atoms with Gasteiger partial charge in [0.2, 0.25) is 5.91 Å². The second-order valence-corrected chi connectivity index (χ2v) is 10.00. The van der Waals surface area contributed by atoms with Crippen LogP contribution in [0.4, 0.5) is 5.69 Å². The van der Waals surface area contributed by atoms with Crippen molar-refractivity contribution < 1.29 is 9.59 Å². The van der Waals surface area contributed by atoms with E-state index in [0.717, 1.165) is 48.1 Å². The first-order chi connectivity index (χ1) is 13.8. The summed E-state index contributed by atoms with van der Waals surface area (Å²) in [7, 11) is 3.45. The highest BCUT2D eigenvalue weighted by Gasteiger charge is 2.38. The molecule has 1 aliphatic carbocycles. The fraction of sp³-hybridized carbons (Fsp3) is 0.591. The lowest BCUT2D eigenvalue weighted by atomic mass is 9.78. The number of nitrogens with two attached hydrogens (primary N) is 1. The minimum atomic E-state index is -0.175. The fourth-order valence-corrected chi connectivity index (χ4v) is 5.88. The number of fused-ring (bicyclic) bond motifs is 1. The van der Waals surface area contributed by atoms with Crippen molar-refractivity contribution in [2.45, 2.75) is 50.9 Å². The second kappa shape index (κ2) is 7.59. The number of nitrogen functional groups attached to an aromatic ring is 1. The van der Waals surface area contributed by atoms with Crippen LogP contribution in [0.25, 0.3) is 10.2 Å². The number of anilines is 1. The molecule has 0 bridgehead atoms. The Hall–Kier alpha value is -2.15. The molecule has 0 radical (unpaired) electrons. The zero-order valence-electron chi connectivity index (χ0n) is 17.5. The van der Waals surface area contributed by atoms with E-state index < -0.39 is 0 Å². The van der Waals surface area contributed by atoms with Crippen LogP contribution < -0.4 is 5.73 Å². The van der Waals surface area contributed by atoms with Gasteiger partial charge in [0, 0.05) is 49.6 Å². The van der Waals surface area contributed by atoms with Crippen LogP contribution in [0.3, 0.4) is 0 Å². The highest BCUT2D eigenvalue weighted by atomic mass is 32.1. The minimum absolute atomic E-state index is 0.0933. The first-order valence-corrected chi connectivity index (χ1v) is 11.3. The van der Waals surface area contributed by atoms with E-state index in [-0.39, 0.29) is 17.2 Å². The lowest BCUT2D eigenvalue weighted by molar-refractivity contribution is -0.137. The molecule has 0 unspecified atom stereocenters. The van der Waals surface area contributed by atoms with E-state index in [0.29, 0.717) is 23.0 Å². The van der Waals surface area contributed by atoms with Crippen LogP contribution in [-0.4, -0.2) is 53.8 Å². The maximum absolute atomic E-state index is 13.0. The van der Waals surface area contributed by atoms with Gasteiger partial charge in [-0.1, -0.05) is 19.8 Å². The van der Waals surface area contributed by atoms with E-state index in [1.54, 1.807) is 14.1 Å². The van der Waals surface area contributed by atoms with Crippen molar-refractivity contribution in [2.75, 3.05) is 32.9 Å². The van der Waals surface area contributed by atoms with Gasteiger partial charge in [0.05, 0.1) is 5.69 Å². The molecule has 7 heteroatoms. The number of piperidine rings is 1. The molecule has 1 atom stereocenters. The van der Waals surface area contributed by atoms with Gasteiger partial charge in [-0.05, 0) is 37.8 Å². The molecule has 1 saturated heterocycles. The number of rotatable bonds is 3. The number of amides is 2. The summed E-state index contributed by atoms with van der Waals surface area (Å²) < 4.78 is 0. The number of aromatic nitrogens is 1. The Morgan fingerprint density at radius 3 is 2.66 bits per heavy atom. The predicted octanol–water partition coefficient (Wildman–Crippen LogP) is 3.65. The van der Waals surface area contributed by atoms with E-state index >= 15 is 0 Å². The number of pyridine rings is 1. The Kier molecular flexibility index (Phi) is 5.27. The monoisotopic (exact) mass is 414 g/mol. The molecule has 2 aliphatic rings. The number of hydrogen-bond acceptors (Lipinski definition) is 5. The number of carbonyl (C=O) groups is 2. The third-order valence-electron chi connectivity index (χ3n) is 6.53. The predicted molar refractivity (Wildman–Crippen MR) is 117 cm³/mol. The van der Waals surface area contributed by atoms with Crippen molar-refractivity contribution in [1.82, 2.24) is 14.8 Å². The Morgan fingerprint density at radius 1 is 1.24 bits per heavy atom. The third kappa shape index (κ3) is 3.61. The van der Waals surface area contributed by atoms with Gasteiger partial charge in [-0.3, -0.25) is 9.59 Å². The summed E-state index contributed by atoms with van der Waals surface area (Å²) in [4.78, 5) is 35.2. The maximum atomic E-state index is 13.0. The van der Waals surface area contributed by atoms with E-state index in [4.69, 9.17) is 10.7 Å². The van der Waals surface area contributed by atoms with Crippen LogP contribution in [0.2, 0.25) is 0 Å². The van der Waals surface area contributed by atoms with Crippen LogP contribution in [0, 0.1) is 5.92 Å². The van der Waals surface area contributed by atoms with E-state index in [9.17, 15) is 9.59 Å². The number of nitrogens with zero attached hydrogens (tertiary/aromatic N) is 3. The van der Waals surface area contributed by atoms with Crippen molar-refractivity contribution in [3.05, 3.63) is 22.7 Å². The van der Waals surface area contributed by atoms with Crippen LogP contribution in [0.5, 0.6) is 0 Å². The molecule has 0 spiro atoms. The lowest BCUT2D eigenvalue weighted by Crippen LogP contribution is -2.49. The fourth-order valence-electron chi connectivity index (χ4n) is 4.76. The summed E-state index contributed by atoms with van der Waals surface area (Å²) in [6, 6.07) is 4.01. The van der Waals surface area contributed by atoms with E-state index in [2.05, 4.69) is 11.8 Å². The van der Waals surface area contributed by atoms with Gasteiger partial charge in [-0.25, -0.2) is 4.98 Å².